The van der Waals surface area contributed by atoms with Gasteiger partial charge in [0.15, 0.2) is 5.82 Å². The second-order valence-electron chi connectivity index (χ2n) is 3.98. The SMILES string of the molecule is CNC(C)Cc1noc(-c2c[nH]c(=O)c(Br)c2)n1. The summed E-state index contributed by atoms with van der Waals surface area (Å²) in [7, 11) is 1.88. The topological polar surface area (TPSA) is 83.8 Å². The summed E-state index contributed by atoms with van der Waals surface area (Å²) in [5.41, 5.74) is 0.486. The van der Waals surface area contributed by atoms with Crippen molar-refractivity contribution >= 4 is 15.9 Å². The maximum absolute atomic E-state index is 11.2. The van der Waals surface area contributed by atoms with Crippen LogP contribution in [0.1, 0.15) is 12.7 Å². The monoisotopic (exact) mass is 312 g/mol. The lowest BCUT2D eigenvalue weighted by Gasteiger charge is -2.04. The fraction of sp³-hybridized carbons (Fsp3) is 0.364. The van der Waals surface area contributed by atoms with Gasteiger partial charge in [-0.05, 0) is 36.0 Å². The van der Waals surface area contributed by atoms with Gasteiger partial charge in [0, 0.05) is 18.7 Å². The molecule has 18 heavy (non-hydrogen) atoms. The van der Waals surface area contributed by atoms with E-state index in [1.54, 1.807) is 12.3 Å². The number of aromatic amines is 1. The Hall–Kier alpha value is -1.47. The van der Waals surface area contributed by atoms with Crippen molar-refractivity contribution in [1.29, 1.82) is 0 Å². The second-order valence-corrected chi connectivity index (χ2v) is 4.83. The number of halogens is 1. The van der Waals surface area contributed by atoms with Crippen LogP contribution in [0.25, 0.3) is 11.5 Å². The van der Waals surface area contributed by atoms with Crippen molar-refractivity contribution in [3.05, 3.63) is 32.9 Å². The van der Waals surface area contributed by atoms with Gasteiger partial charge < -0.3 is 14.8 Å². The van der Waals surface area contributed by atoms with Gasteiger partial charge in [-0.15, -0.1) is 0 Å². The Balaban J connectivity index is 2.23. The summed E-state index contributed by atoms with van der Waals surface area (Å²) < 4.78 is 5.59. The molecule has 0 aliphatic rings. The molecule has 0 spiro atoms. The molecule has 0 bridgehead atoms. The number of nitrogens with zero attached hydrogens (tertiary/aromatic N) is 2. The minimum atomic E-state index is -0.192. The van der Waals surface area contributed by atoms with Gasteiger partial charge in [-0.1, -0.05) is 5.16 Å². The summed E-state index contributed by atoms with van der Waals surface area (Å²) in [4.78, 5) is 18.1. The van der Waals surface area contributed by atoms with Crippen LogP contribution >= 0.6 is 15.9 Å². The van der Waals surface area contributed by atoms with Crippen LogP contribution in [0.3, 0.4) is 0 Å². The Kier molecular flexibility index (Phi) is 3.93. The van der Waals surface area contributed by atoms with Crippen LogP contribution in [0.5, 0.6) is 0 Å². The van der Waals surface area contributed by atoms with E-state index in [0.717, 1.165) is 0 Å². The molecular weight excluding hydrogens is 300 g/mol. The standard InChI is InChI=1S/C11H13BrN4O2/c1-6(13-2)3-9-15-11(18-16-9)7-4-8(12)10(17)14-5-7/h4-6,13H,3H2,1-2H3,(H,14,17). The van der Waals surface area contributed by atoms with Crippen molar-refractivity contribution in [1.82, 2.24) is 20.4 Å². The van der Waals surface area contributed by atoms with Crippen LogP contribution < -0.4 is 10.9 Å². The molecule has 0 fully saturated rings. The Labute approximate surface area is 112 Å². The molecule has 96 valence electrons. The van der Waals surface area contributed by atoms with Gasteiger partial charge >= 0.3 is 0 Å². The summed E-state index contributed by atoms with van der Waals surface area (Å²) in [5.74, 6) is 1.03. The third kappa shape index (κ3) is 2.85. The summed E-state index contributed by atoms with van der Waals surface area (Å²) in [5, 5.41) is 7.00. The molecule has 2 rings (SSSR count). The maximum Gasteiger partial charge on any atom is 0.262 e. The van der Waals surface area contributed by atoms with Crippen molar-refractivity contribution in [3.63, 3.8) is 0 Å². The van der Waals surface area contributed by atoms with Crippen molar-refractivity contribution in [3.8, 4) is 11.5 Å². The molecular formula is C11H13BrN4O2. The lowest BCUT2D eigenvalue weighted by molar-refractivity contribution is 0.418. The first kappa shape index (κ1) is 13.0. The Morgan fingerprint density at radius 1 is 1.61 bits per heavy atom. The highest BCUT2D eigenvalue weighted by molar-refractivity contribution is 9.10. The lowest BCUT2D eigenvalue weighted by atomic mass is 10.2. The zero-order chi connectivity index (χ0) is 13.1. The third-order valence-electron chi connectivity index (χ3n) is 2.55. The minimum Gasteiger partial charge on any atom is -0.334 e. The normalized spacial score (nSPS) is 12.6. The molecule has 2 aromatic heterocycles. The third-order valence-corrected chi connectivity index (χ3v) is 3.14. The predicted molar refractivity (Wildman–Crippen MR) is 70.3 cm³/mol. The van der Waals surface area contributed by atoms with Gasteiger partial charge in [-0.2, -0.15) is 4.98 Å². The molecule has 2 heterocycles. The average molecular weight is 313 g/mol. The number of H-pyrrole nitrogens is 1. The second kappa shape index (κ2) is 5.45. The fourth-order valence-electron chi connectivity index (χ4n) is 1.41. The molecule has 7 heteroatoms. The smallest absolute Gasteiger partial charge is 0.262 e. The van der Waals surface area contributed by atoms with Crippen LogP contribution in [-0.4, -0.2) is 28.2 Å². The van der Waals surface area contributed by atoms with E-state index in [9.17, 15) is 4.79 Å². The van der Waals surface area contributed by atoms with Gasteiger partial charge in [-0.25, -0.2) is 0 Å². The molecule has 2 N–H and O–H groups in total. The first-order valence-corrected chi connectivity index (χ1v) is 6.28. The van der Waals surface area contributed by atoms with Crippen LogP contribution in [0, 0.1) is 0 Å². The molecule has 0 aliphatic heterocycles. The zero-order valence-electron chi connectivity index (χ0n) is 10.0. The number of aromatic nitrogens is 3. The van der Waals surface area contributed by atoms with Crippen LogP contribution in [0.4, 0.5) is 0 Å². The molecule has 0 saturated carbocycles. The summed E-state index contributed by atoms with van der Waals surface area (Å²) in [6, 6.07) is 1.93. The molecule has 0 saturated heterocycles. The number of hydrogen-bond acceptors (Lipinski definition) is 5. The number of likely N-dealkylation sites (N-methyl/N-ethyl adjacent to an activating group) is 1. The highest BCUT2D eigenvalue weighted by atomic mass is 79.9. The van der Waals surface area contributed by atoms with E-state index >= 15 is 0 Å². The Morgan fingerprint density at radius 2 is 2.39 bits per heavy atom. The van der Waals surface area contributed by atoms with Crippen LogP contribution in [-0.2, 0) is 6.42 Å². The van der Waals surface area contributed by atoms with E-state index in [0.29, 0.717) is 28.2 Å². The maximum atomic E-state index is 11.2. The summed E-state index contributed by atoms with van der Waals surface area (Å²) >= 11 is 3.16. The number of hydrogen-bond donors (Lipinski definition) is 2. The van der Waals surface area contributed by atoms with E-state index in [4.69, 9.17) is 4.52 Å². The zero-order valence-corrected chi connectivity index (χ0v) is 11.6. The molecule has 0 aliphatic carbocycles. The molecule has 1 unspecified atom stereocenters. The highest BCUT2D eigenvalue weighted by Crippen LogP contribution is 2.18. The first-order chi connectivity index (χ1) is 8.60. The van der Waals surface area contributed by atoms with Crippen molar-refractivity contribution in [2.75, 3.05) is 7.05 Å². The predicted octanol–water partition coefficient (Wildman–Crippen LogP) is 1.34. The van der Waals surface area contributed by atoms with E-state index in [1.165, 1.54) is 0 Å². The number of rotatable bonds is 4. The van der Waals surface area contributed by atoms with E-state index in [2.05, 4.69) is 36.4 Å². The van der Waals surface area contributed by atoms with Crippen molar-refractivity contribution in [2.45, 2.75) is 19.4 Å². The highest BCUT2D eigenvalue weighted by Gasteiger charge is 2.12. The molecule has 1 atom stereocenters. The van der Waals surface area contributed by atoms with E-state index < -0.39 is 0 Å². The van der Waals surface area contributed by atoms with Gasteiger partial charge in [-0.3, -0.25) is 4.79 Å². The van der Waals surface area contributed by atoms with Gasteiger partial charge in [0.2, 0.25) is 0 Å². The molecule has 0 amide bonds. The van der Waals surface area contributed by atoms with E-state index in [1.807, 2.05) is 14.0 Å². The van der Waals surface area contributed by atoms with Gasteiger partial charge in [0.25, 0.3) is 11.4 Å². The fourth-order valence-corrected chi connectivity index (χ4v) is 1.77. The van der Waals surface area contributed by atoms with Crippen LogP contribution in [0.2, 0.25) is 0 Å². The largest absolute Gasteiger partial charge is 0.334 e. The average Bonchev–Trinajstić information content (AvgIpc) is 2.81. The van der Waals surface area contributed by atoms with Crippen molar-refractivity contribution in [2.24, 2.45) is 0 Å². The van der Waals surface area contributed by atoms with Crippen molar-refractivity contribution < 1.29 is 4.52 Å². The molecule has 6 nitrogen and oxygen atoms in total. The van der Waals surface area contributed by atoms with Crippen LogP contribution in [0.15, 0.2) is 26.1 Å². The Morgan fingerprint density at radius 3 is 3.06 bits per heavy atom. The Bertz CT molecular complexity index is 593. The van der Waals surface area contributed by atoms with E-state index in [-0.39, 0.29) is 11.6 Å². The van der Waals surface area contributed by atoms with Gasteiger partial charge in [0.1, 0.15) is 0 Å². The minimum absolute atomic E-state index is 0.192. The number of nitrogens with one attached hydrogen (secondary N) is 2. The molecule has 0 radical (unpaired) electrons. The van der Waals surface area contributed by atoms with Gasteiger partial charge in [0.05, 0.1) is 10.0 Å². The number of pyridine rings is 1. The summed E-state index contributed by atoms with van der Waals surface area (Å²) in [6.45, 7) is 2.03. The molecule has 0 aromatic carbocycles. The first-order valence-electron chi connectivity index (χ1n) is 5.48. The lowest BCUT2D eigenvalue weighted by Crippen LogP contribution is -2.24. The quantitative estimate of drug-likeness (QED) is 0.890. The molecule has 2 aromatic rings. The summed E-state index contributed by atoms with van der Waals surface area (Å²) in [6.07, 6.45) is 2.23.